The van der Waals surface area contributed by atoms with Crippen LogP contribution in [0.25, 0.3) is 0 Å². The van der Waals surface area contributed by atoms with Gasteiger partial charge >= 0.3 is 18.9 Å². The standard InChI is InChI=1S/C13H18N2O2.Li/c1-10-9-11(13(16)17)3-4-12(10)15-7-5-14(2)6-8-15;/h3-4,9H,5-8H2,1-2H3,(H,16,17);/q;+1/p-1. The summed E-state index contributed by atoms with van der Waals surface area (Å²) in [6.07, 6.45) is 0. The van der Waals surface area contributed by atoms with Gasteiger partial charge in [-0.2, -0.15) is 0 Å². The number of carboxylic acid groups (broad SMARTS) is 1. The largest absolute Gasteiger partial charge is 1.00 e. The Morgan fingerprint density at radius 2 is 1.83 bits per heavy atom. The van der Waals surface area contributed by atoms with Crippen LogP contribution in [0.2, 0.25) is 0 Å². The summed E-state index contributed by atoms with van der Waals surface area (Å²) in [5.74, 6) is -1.11. The second-order valence-electron chi connectivity index (χ2n) is 4.58. The second kappa shape index (κ2) is 6.28. The van der Waals surface area contributed by atoms with Crippen LogP contribution >= 0.6 is 0 Å². The number of nitrogens with zero attached hydrogens (tertiary/aromatic N) is 2. The van der Waals surface area contributed by atoms with Crippen molar-refractivity contribution in [3.05, 3.63) is 29.3 Å². The van der Waals surface area contributed by atoms with E-state index in [1.54, 1.807) is 12.1 Å². The van der Waals surface area contributed by atoms with Crippen molar-refractivity contribution >= 4 is 11.7 Å². The van der Waals surface area contributed by atoms with Crippen LogP contribution in [0.5, 0.6) is 0 Å². The number of carboxylic acids is 1. The Morgan fingerprint density at radius 1 is 1.22 bits per heavy atom. The smallest absolute Gasteiger partial charge is 0.545 e. The Bertz CT molecular complexity index is 429. The minimum Gasteiger partial charge on any atom is -0.545 e. The first-order valence-electron chi connectivity index (χ1n) is 5.83. The number of likely N-dealkylation sites (N-methyl/N-ethyl adjacent to an activating group) is 1. The number of carbonyl (C=O) groups is 1. The minimum atomic E-state index is -1.11. The molecule has 1 aliphatic rings. The Balaban J connectivity index is 0.00000162. The monoisotopic (exact) mass is 240 g/mol. The van der Waals surface area contributed by atoms with Gasteiger partial charge in [-0.05, 0) is 37.2 Å². The summed E-state index contributed by atoms with van der Waals surface area (Å²) in [5.41, 5.74) is 2.37. The van der Waals surface area contributed by atoms with E-state index in [1.807, 2.05) is 13.0 Å². The predicted octanol–water partition coefficient (Wildman–Crippen LogP) is -2.89. The third-order valence-corrected chi connectivity index (χ3v) is 3.28. The molecule has 0 radical (unpaired) electrons. The molecule has 1 aliphatic heterocycles. The van der Waals surface area contributed by atoms with Gasteiger partial charge in [0.05, 0.1) is 5.97 Å². The topological polar surface area (TPSA) is 46.6 Å². The second-order valence-corrected chi connectivity index (χ2v) is 4.58. The molecule has 0 saturated carbocycles. The molecule has 4 nitrogen and oxygen atoms in total. The normalized spacial score (nSPS) is 16.2. The summed E-state index contributed by atoms with van der Waals surface area (Å²) in [6, 6.07) is 5.19. The first-order chi connectivity index (χ1) is 8.08. The maximum Gasteiger partial charge on any atom is 1.00 e. The summed E-state index contributed by atoms with van der Waals surface area (Å²) >= 11 is 0. The number of anilines is 1. The molecule has 0 bridgehead atoms. The Kier molecular flexibility index (Phi) is 5.27. The van der Waals surface area contributed by atoms with Gasteiger partial charge in [0.1, 0.15) is 0 Å². The van der Waals surface area contributed by atoms with Gasteiger partial charge in [-0.15, -0.1) is 0 Å². The molecule has 1 aromatic rings. The van der Waals surface area contributed by atoms with E-state index in [0.29, 0.717) is 0 Å². The number of hydrogen-bond acceptors (Lipinski definition) is 4. The average Bonchev–Trinajstić information content (AvgIpc) is 2.30. The van der Waals surface area contributed by atoms with Crippen LogP contribution in [0.1, 0.15) is 15.9 Å². The maximum absolute atomic E-state index is 10.8. The van der Waals surface area contributed by atoms with Crippen LogP contribution in [-0.2, 0) is 0 Å². The van der Waals surface area contributed by atoms with E-state index >= 15 is 0 Å². The Hall–Kier alpha value is -0.953. The van der Waals surface area contributed by atoms with Crippen molar-refractivity contribution in [2.45, 2.75) is 6.92 Å². The molecule has 0 amide bonds. The molecule has 1 saturated heterocycles. The summed E-state index contributed by atoms with van der Waals surface area (Å²) in [4.78, 5) is 15.3. The molecule has 0 N–H and O–H groups in total. The van der Waals surface area contributed by atoms with Gasteiger partial charge in [0, 0.05) is 31.9 Å². The fourth-order valence-corrected chi connectivity index (χ4v) is 2.18. The summed E-state index contributed by atoms with van der Waals surface area (Å²) in [7, 11) is 2.11. The number of rotatable bonds is 2. The molecule has 0 aromatic heterocycles. The van der Waals surface area contributed by atoms with Crippen LogP contribution in [0.3, 0.4) is 0 Å². The molecule has 0 atom stereocenters. The van der Waals surface area contributed by atoms with Gasteiger partial charge in [-0.3, -0.25) is 0 Å². The van der Waals surface area contributed by atoms with E-state index in [2.05, 4.69) is 16.8 Å². The SMILES string of the molecule is Cc1cc(C(=O)[O-])ccc1N1CCN(C)CC1.[Li+]. The van der Waals surface area contributed by atoms with Crippen molar-refractivity contribution in [2.24, 2.45) is 0 Å². The zero-order chi connectivity index (χ0) is 12.4. The van der Waals surface area contributed by atoms with Crippen molar-refractivity contribution < 1.29 is 28.8 Å². The number of carbonyl (C=O) groups excluding carboxylic acids is 1. The minimum absolute atomic E-state index is 0. The van der Waals surface area contributed by atoms with Crippen molar-refractivity contribution in [1.82, 2.24) is 4.90 Å². The van der Waals surface area contributed by atoms with Gasteiger partial charge in [0.25, 0.3) is 0 Å². The summed E-state index contributed by atoms with van der Waals surface area (Å²) < 4.78 is 0. The van der Waals surface area contributed by atoms with Gasteiger partial charge < -0.3 is 19.7 Å². The van der Waals surface area contributed by atoms with Crippen LogP contribution in [0.15, 0.2) is 18.2 Å². The van der Waals surface area contributed by atoms with E-state index in [-0.39, 0.29) is 24.4 Å². The fraction of sp³-hybridized carbons (Fsp3) is 0.462. The third kappa shape index (κ3) is 3.29. The summed E-state index contributed by atoms with van der Waals surface area (Å²) in [6.45, 7) is 6.01. The zero-order valence-electron chi connectivity index (χ0n) is 11.3. The predicted molar refractivity (Wildman–Crippen MR) is 65.2 cm³/mol. The number of aromatic carboxylic acids is 1. The van der Waals surface area contributed by atoms with Crippen LogP contribution in [-0.4, -0.2) is 44.1 Å². The zero-order valence-corrected chi connectivity index (χ0v) is 11.3. The van der Waals surface area contributed by atoms with Gasteiger partial charge in [-0.25, -0.2) is 0 Å². The Morgan fingerprint density at radius 3 is 2.33 bits per heavy atom. The third-order valence-electron chi connectivity index (χ3n) is 3.28. The van der Waals surface area contributed by atoms with Crippen molar-refractivity contribution in [3.63, 3.8) is 0 Å². The maximum atomic E-state index is 10.8. The molecule has 92 valence electrons. The molecule has 18 heavy (non-hydrogen) atoms. The molecule has 0 spiro atoms. The molecule has 2 rings (SSSR count). The van der Waals surface area contributed by atoms with Crippen molar-refractivity contribution in [2.75, 3.05) is 38.1 Å². The van der Waals surface area contributed by atoms with Crippen LogP contribution in [0.4, 0.5) is 5.69 Å². The van der Waals surface area contributed by atoms with E-state index in [1.165, 1.54) is 0 Å². The molecular weight excluding hydrogens is 223 g/mol. The van der Waals surface area contributed by atoms with E-state index in [4.69, 9.17) is 0 Å². The van der Waals surface area contributed by atoms with E-state index in [9.17, 15) is 9.90 Å². The van der Waals surface area contributed by atoms with Crippen LogP contribution in [0, 0.1) is 6.92 Å². The molecule has 0 unspecified atom stereocenters. The molecule has 1 aromatic carbocycles. The molecule has 1 fully saturated rings. The molecule has 5 heteroatoms. The quantitative estimate of drug-likeness (QED) is 0.521. The molecule has 0 aliphatic carbocycles. The number of benzene rings is 1. The van der Waals surface area contributed by atoms with Crippen molar-refractivity contribution in [1.29, 1.82) is 0 Å². The molecular formula is C13H17LiN2O2. The number of hydrogen-bond donors (Lipinski definition) is 0. The van der Waals surface area contributed by atoms with Gasteiger partial charge in [0.15, 0.2) is 0 Å². The van der Waals surface area contributed by atoms with Crippen molar-refractivity contribution in [3.8, 4) is 0 Å². The summed E-state index contributed by atoms with van der Waals surface area (Å²) in [5, 5.41) is 10.8. The number of aryl methyl sites for hydroxylation is 1. The van der Waals surface area contributed by atoms with E-state index < -0.39 is 5.97 Å². The number of piperazine rings is 1. The first-order valence-corrected chi connectivity index (χ1v) is 5.83. The van der Waals surface area contributed by atoms with Gasteiger partial charge in [0.2, 0.25) is 0 Å². The van der Waals surface area contributed by atoms with E-state index in [0.717, 1.165) is 37.4 Å². The first kappa shape index (κ1) is 15.1. The molecule has 1 heterocycles. The average molecular weight is 240 g/mol. The van der Waals surface area contributed by atoms with Gasteiger partial charge in [-0.1, -0.05) is 6.07 Å². The van der Waals surface area contributed by atoms with Crippen LogP contribution < -0.4 is 28.9 Å². The Labute approximate surface area is 120 Å². The fourth-order valence-electron chi connectivity index (χ4n) is 2.18.